The Hall–Kier alpha value is -1.68. The minimum atomic E-state index is -0.0643. The largest absolute Gasteiger partial charge is 0.467 e. The van der Waals surface area contributed by atoms with Crippen LogP contribution in [0.1, 0.15) is 36.5 Å². The molecule has 0 amide bonds. The van der Waals surface area contributed by atoms with E-state index in [1.54, 1.807) is 6.26 Å². The summed E-state index contributed by atoms with van der Waals surface area (Å²) in [4.78, 5) is 8.71. The maximum absolute atomic E-state index is 5.43. The summed E-state index contributed by atoms with van der Waals surface area (Å²) in [5, 5.41) is 3.39. The van der Waals surface area contributed by atoms with Gasteiger partial charge in [0.15, 0.2) is 5.82 Å². The van der Waals surface area contributed by atoms with Gasteiger partial charge in [-0.15, -0.1) is 0 Å². The van der Waals surface area contributed by atoms with E-state index in [2.05, 4.69) is 22.2 Å². The lowest BCUT2D eigenvalue weighted by molar-refractivity contribution is 0.435. The molecule has 2 rings (SSSR count). The van der Waals surface area contributed by atoms with Crippen LogP contribution in [0.4, 0.5) is 0 Å². The molecule has 0 aromatic carbocycles. The van der Waals surface area contributed by atoms with Crippen molar-refractivity contribution in [3.05, 3.63) is 47.9 Å². The van der Waals surface area contributed by atoms with E-state index < -0.39 is 0 Å². The van der Waals surface area contributed by atoms with E-state index in [1.807, 2.05) is 31.5 Å². The van der Waals surface area contributed by atoms with Crippen LogP contribution >= 0.6 is 0 Å². The van der Waals surface area contributed by atoms with Crippen LogP contribution in [0.2, 0.25) is 0 Å². The number of nitrogens with one attached hydrogen (secondary N) is 1. The van der Waals surface area contributed by atoms with Crippen LogP contribution in [0.25, 0.3) is 0 Å². The molecule has 2 aromatic rings. The average Bonchev–Trinajstić information content (AvgIpc) is 2.85. The predicted octanol–water partition coefficient (Wildman–Crippen LogP) is 2.47. The van der Waals surface area contributed by atoms with Gasteiger partial charge in [-0.05, 0) is 37.6 Å². The Morgan fingerprint density at radius 2 is 2.12 bits per heavy atom. The number of rotatable bonds is 5. The molecule has 0 bridgehead atoms. The highest BCUT2D eigenvalue weighted by molar-refractivity contribution is 5.15. The molecule has 2 heterocycles. The molecule has 1 N–H and O–H groups in total. The fourth-order valence-corrected chi connectivity index (χ4v) is 1.61. The van der Waals surface area contributed by atoms with Gasteiger partial charge in [-0.25, -0.2) is 9.97 Å². The smallest absolute Gasteiger partial charge is 0.152 e. The van der Waals surface area contributed by atoms with Crippen molar-refractivity contribution in [3.63, 3.8) is 0 Å². The van der Waals surface area contributed by atoms with E-state index >= 15 is 0 Å². The zero-order valence-electron chi connectivity index (χ0n) is 10.2. The highest BCUT2D eigenvalue weighted by Crippen LogP contribution is 2.19. The number of hydrogen-bond acceptors (Lipinski definition) is 4. The van der Waals surface area contributed by atoms with Gasteiger partial charge < -0.3 is 9.73 Å². The molecule has 0 saturated carbocycles. The summed E-state index contributed by atoms with van der Waals surface area (Å²) < 4.78 is 5.43. The van der Waals surface area contributed by atoms with Gasteiger partial charge in [0, 0.05) is 12.4 Å². The maximum Gasteiger partial charge on any atom is 0.152 e. The number of furan rings is 1. The Labute approximate surface area is 101 Å². The highest BCUT2D eigenvalue weighted by atomic mass is 16.3. The van der Waals surface area contributed by atoms with E-state index in [0.717, 1.165) is 30.1 Å². The summed E-state index contributed by atoms with van der Waals surface area (Å²) >= 11 is 0. The lowest BCUT2D eigenvalue weighted by atomic mass is 10.2. The monoisotopic (exact) mass is 231 g/mol. The molecule has 4 nitrogen and oxygen atoms in total. The van der Waals surface area contributed by atoms with Crippen molar-refractivity contribution >= 4 is 0 Å². The Morgan fingerprint density at radius 1 is 1.35 bits per heavy atom. The molecule has 0 aliphatic rings. The van der Waals surface area contributed by atoms with Gasteiger partial charge in [-0.2, -0.15) is 0 Å². The van der Waals surface area contributed by atoms with Crippen molar-refractivity contribution in [2.75, 3.05) is 6.54 Å². The molecule has 0 radical (unpaired) electrons. The lowest BCUT2D eigenvalue weighted by Crippen LogP contribution is -2.24. The third-order valence-electron chi connectivity index (χ3n) is 2.49. The molecule has 0 aliphatic carbocycles. The van der Waals surface area contributed by atoms with Gasteiger partial charge >= 0.3 is 0 Å². The number of aryl methyl sites for hydroxylation is 1. The van der Waals surface area contributed by atoms with Crippen molar-refractivity contribution in [1.82, 2.24) is 15.3 Å². The third kappa shape index (κ3) is 2.91. The second kappa shape index (κ2) is 5.59. The summed E-state index contributed by atoms with van der Waals surface area (Å²) in [6, 6.07) is 3.76. The van der Waals surface area contributed by atoms with Crippen LogP contribution in [0, 0.1) is 6.92 Å². The van der Waals surface area contributed by atoms with E-state index in [4.69, 9.17) is 4.42 Å². The van der Waals surface area contributed by atoms with E-state index in [0.29, 0.717) is 0 Å². The molecule has 0 saturated heterocycles. The molecule has 17 heavy (non-hydrogen) atoms. The summed E-state index contributed by atoms with van der Waals surface area (Å²) in [5.41, 5.74) is 1.06. The standard InChI is InChI=1S/C13H17N3O/c1-3-6-14-12(11-5-4-7-17-11)13-15-8-10(2)9-16-13/h4-5,7-9,12,14H,3,6H2,1-2H3. The second-order valence-corrected chi connectivity index (χ2v) is 4.02. The fraction of sp³-hybridized carbons (Fsp3) is 0.385. The Bertz CT molecular complexity index is 436. The van der Waals surface area contributed by atoms with Crippen LogP contribution in [0.15, 0.2) is 35.2 Å². The topological polar surface area (TPSA) is 51.0 Å². The summed E-state index contributed by atoms with van der Waals surface area (Å²) in [7, 11) is 0. The second-order valence-electron chi connectivity index (χ2n) is 4.02. The van der Waals surface area contributed by atoms with Crippen molar-refractivity contribution in [1.29, 1.82) is 0 Å². The zero-order valence-corrected chi connectivity index (χ0v) is 10.2. The maximum atomic E-state index is 5.43. The first kappa shape index (κ1) is 11.8. The van der Waals surface area contributed by atoms with Gasteiger partial charge in [0.2, 0.25) is 0 Å². The molecule has 0 spiro atoms. The normalized spacial score (nSPS) is 12.6. The van der Waals surface area contributed by atoms with Gasteiger partial charge in [-0.3, -0.25) is 0 Å². The van der Waals surface area contributed by atoms with Crippen molar-refractivity contribution < 1.29 is 4.42 Å². The van der Waals surface area contributed by atoms with Crippen LogP contribution in [0.5, 0.6) is 0 Å². The predicted molar refractivity (Wildman–Crippen MR) is 65.6 cm³/mol. The first-order valence-corrected chi connectivity index (χ1v) is 5.86. The molecule has 1 atom stereocenters. The molecular weight excluding hydrogens is 214 g/mol. The molecular formula is C13H17N3O. The van der Waals surface area contributed by atoms with Crippen molar-refractivity contribution in [2.45, 2.75) is 26.3 Å². The lowest BCUT2D eigenvalue weighted by Gasteiger charge is -2.14. The summed E-state index contributed by atoms with van der Waals surface area (Å²) in [5.74, 6) is 1.60. The zero-order chi connectivity index (χ0) is 12.1. The average molecular weight is 231 g/mol. The van der Waals surface area contributed by atoms with Crippen LogP contribution in [-0.4, -0.2) is 16.5 Å². The fourth-order valence-electron chi connectivity index (χ4n) is 1.61. The number of hydrogen-bond donors (Lipinski definition) is 1. The van der Waals surface area contributed by atoms with E-state index in [1.165, 1.54) is 0 Å². The Kier molecular flexibility index (Phi) is 3.88. The minimum absolute atomic E-state index is 0.0643. The Balaban J connectivity index is 2.23. The van der Waals surface area contributed by atoms with Crippen molar-refractivity contribution in [3.8, 4) is 0 Å². The van der Waals surface area contributed by atoms with E-state index in [9.17, 15) is 0 Å². The SMILES string of the molecule is CCCNC(c1ncc(C)cn1)c1ccco1. The number of nitrogens with zero attached hydrogens (tertiary/aromatic N) is 2. The molecule has 4 heteroatoms. The summed E-state index contributed by atoms with van der Waals surface area (Å²) in [6.45, 7) is 5.01. The van der Waals surface area contributed by atoms with Gasteiger partial charge in [0.1, 0.15) is 11.8 Å². The third-order valence-corrected chi connectivity index (χ3v) is 2.49. The minimum Gasteiger partial charge on any atom is -0.467 e. The van der Waals surface area contributed by atoms with Crippen LogP contribution in [0.3, 0.4) is 0 Å². The molecule has 2 aromatic heterocycles. The first-order valence-electron chi connectivity index (χ1n) is 5.86. The van der Waals surface area contributed by atoms with Gasteiger partial charge in [-0.1, -0.05) is 6.92 Å². The number of aromatic nitrogens is 2. The van der Waals surface area contributed by atoms with E-state index in [-0.39, 0.29) is 6.04 Å². The van der Waals surface area contributed by atoms with Crippen LogP contribution < -0.4 is 5.32 Å². The molecule has 0 fully saturated rings. The Morgan fingerprint density at radius 3 is 2.71 bits per heavy atom. The van der Waals surface area contributed by atoms with Crippen LogP contribution in [-0.2, 0) is 0 Å². The van der Waals surface area contributed by atoms with Gasteiger partial charge in [0.05, 0.1) is 6.26 Å². The van der Waals surface area contributed by atoms with Gasteiger partial charge in [0.25, 0.3) is 0 Å². The first-order chi connectivity index (χ1) is 8.31. The molecule has 90 valence electrons. The molecule has 0 aliphatic heterocycles. The summed E-state index contributed by atoms with van der Waals surface area (Å²) in [6.07, 6.45) is 6.38. The quantitative estimate of drug-likeness (QED) is 0.858. The highest BCUT2D eigenvalue weighted by Gasteiger charge is 2.18. The molecule has 1 unspecified atom stereocenters. The van der Waals surface area contributed by atoms with Crippen molar-refractivity contribution in [2.24, 2.45) is 0 Å².